The fraction of sp³-hybridized carbons (Fsp3) is 0.174. The lowest BCUT2D eigenvalue weighted by molar-refractivity contribution is -0.139. The number of hydrogen-bond acceptors (Lipinski definition) is 4. The molecule has 164 valence electrons. The Morgan fingerprint density at radius 1 is 1.09 bits per heavy atom. The van der Waals surface area contributed by atoms with E-state index < -0.39 is 17.7 Å². The molecule has 0 radical (unpaired) electrons. The van der Waals surface area contributed by atoms with Gasteiger partial charge in [-0.3, -0.25) is 9.59 Å². The van der Waals surface area contributed by atoms with Crippen LogP contribution in [0.5, 0.6) is 0 Å². The molecule has 1 amide bonds. The maximum atomic E-state index is 13.0. The predicted molar refractivity (Wildman–Crippen MR) is 126 cm³/mol. The van der Waals surface area contributed by atoms with Gasteiger partial charge in [-0.15, -0.1) is 0 Å². The van der Waals surface area contributed by atoms with Crippen molar-refractivity contribution >= 4 is 56.6 Å². The first-order chi connectivity index (χ1) is 15.4. The van der Waals surface area contributed by atoms with Crippen LogP contribution in [0.2, 0.25) is 10.0 Å². The number of hydrogen-bond donors (Lipinski definition) is 1. The number of Topliss-reactive ketones (excluding diaryl/α,β-unsaturated/α-hetero) is 1. The summed E-state index contributed by atoms with van der Waals surface area (Å²) in [5, 5.41) is 11.8. The molecule has 1 N–H and O–H groups in total. The van der Waals surface area contributed by atoms with Gasteiger partial charge in [0.15, 0.2) is 0 Å². The fourth-order valence-electron chi connectivity index (χ4n) is 3.76. The number of likely N-dealkylation sites (tertiary alicyclic amines) is 1. The highest BCUT2D eigenvalue weighted by Crippen LogP contribution is 2.42. The summed E-state index contributed by atoms with van der Waals surface area (Å²) < 4.78 is 2.72. The molecule has 6 nitrogen and oxygen atoms in total. The molecule has 4 rings (SSSR count). The van der Waals surface area contributed by atoms with Gasteiger partial charge in [0.05, 0.1) is 17.9 Å². The number of aromatic nitrogens is 2. The number of aliphatic hydroxyl groups excluding tert-OH is 1. The van der Waals surface area contributed by atoms with E-state index in [9.17, 15) is 14.7 Å². The number of carbonyl (C=O) groups is 2. The van der Waals surface area contributed by atoms with Crippen LogP contribution in [0.1, 0.15) is 23.6 Å². The van der Waals surface area contributed by atoms with Crippen LogP contribution < -0.4 is 0 Å². The van der Waals surface area contributed by atoms with E-state index in [4.69, 9.17) is 23.2 Å². The van der Waals surface area contributed by atoms with Gasteiger partial charge in [-0.25, -0.2) is 4.98 Å². The highest BCUT2D eigenvalue weighted by Gasteiger charge is 2.46. The highest BCUT2D eigenvalue weighted by molar-refractivity contribution is 9.10. The van der Waals surface area contributed by atoms with Gasteiger partial charge in [0, 0.05) is 45.6 Å². The van der Waals surface area contributed by atoms with Crippen LogP contribution >= 0.6 is 39.1 Å². The quantitative estimate of drug-likeness (QED) is 0.259. The van der Waals surface area contributed by atoms with Crippen LogP contribution in [0.4, 0.5) is 0 Å². The first-order valence-corrected chi connectivity index (χ1v) is 11.4. The van der Waals surface area contributed by atoms with Gasteiger partial charge in [-0.05, 0) is 36.2 Å². The molecular formula is C23H18BrCl2N3O3. The predicted octanol–water partition coefficient (Wildman–Crippen LogP) is 5.46. The van der Waals surface area contributed by atoms with Gasteiger partial charge in [0.2, 0.25) is 0 Å². The number of aryl methyl sites for hydroxylation is 1. The Hall–Kier alpha value is -2.61. The average molecular weight is 535 g/mol. The molecule has 1 aliphatic heterocycles. The normalized spacial score (nSPS) is 17.8. The maximum absolute atomic E-state index is 13.0. The minimum atomic E-state index is -0.828. The lowest BCUT2D eigenvalue weighted by Gasteiger charge is -2.26. The maximum Gasteiger partial charge on any atom is 0.295 e. The summed E-state index contributed by atoms with van der Waals surface area (Å²) in [4.78, 5) is 31.5. The van der Waals surface area contributed by atoms with Crippen LogP contribution in [0.25, 0.3) is 5.76 Å². The monoisotopic (exact) mass is 533 g/mol. The third-order valence-corrected chi connectivity index (χ3v) is 6.38. The van der Waals surface area contributed by atoms with E-state index in [0.717, 1.165) is 4.47 Å². The minimum Gasteiger partial charge on any atom is -0.507 e. The zero-order chi connectivity index (χ0) is 22.8. The molecule has 0 bridgehead atoms. The van der Waals surface area contributed by atoms with E-state index in [1.54, 1.807) is 55.0 Å². The lowest BCUT2D eigenvalue weighted by Crippen LogP contribution is -2.31. The van der Waals surface area contributed by atoms with Crippen molar-refractivity contribution in [2.45, 2.75) is 19.0 Å². The largest absolute Gasteiger partial charge is 0.507 e. The number of imidazole rings is 1. The molecule has 1 atom stereocenters. The van der Waals surface area contributed by atoms with Crippen molar-refractivity contribution in [1.82, 2.24) is 14.5 Å². The Balaban J connectivity index is 1.76. The molecule has 0 aliphatic carbocycles. The molecule has 0 saturated carbocycles. The van der Waals surface area contributed by atoms with Crippen LogP contribution in [0.15, 0.2) is 71.2 Å². The van der Waals surface area contributed by atoms with Crippen molar-refractivity contribution in [3.63, 3.8) is 0 Å². The topological polar surface area (TPSA) is 75.4 Å². The van der Waals surface area contributed by atoms with Crippen molar-refractivity contribution < 1.29 is 14.7 Å². The Kier molecular flexibility index (Phi) is 6.69. The van der Waals surface area contributed by atoms with Gasteiger partial charge in [-0.1, -0.05) is 57.3 Å². The summed E-state index contributed by atoms with van der Waals surface area (Å²) in [5.41, 5.74) is 0.959. The van der Waals surface area contributed by atoms with Crippen LogP contribution in [-0.4, -0.2) is 37.8 Å². The Morgan fingerprint density at radius 2 is 1.84 bits per heavy atom. The number of halogens is 3. The van der Waals surface area contributed by atoms with E-state index in [1.165, 1.54) is 4.90 Å². The summed E-state index contributed by atoms with van der Waals surface area (Å²) in [5.74, 6) is -1.67. The van der Waals surface area contributed by atoms with Gasteiger partial charge in [0.25, 0.3) is 11.7 Å². The zero-order valence-electron chi connectivity index (χ0n) is 16.7. The van der Waals surface area contributed by atoms with Crippen molar-refractivity contribution in [2.75, 3.05) is 6.54 Å². The minimum absolute atomic E-state index is 0.00387. The Labute approximate surface area is 203 Å². The summed E-state index contributed by atoms with van der Waals surface area (Å²) in [6, 6.07) is 10.9. The number of nitrogens with zero attached hydrogens (tertiary/aromatic N) is 3. The molecule has 9 heteroatoms. The van der Waals surface area contributed by atoms with Crippen LogP contribution in [0.3, 0.4) is 0 Å². The average Bonchev–Trinajstić information content (AvgIpc) is 3.36. The molecule has 1 aromatic heterocycles. The molecule has 32 heavy (non-hydrogen) atoms. The van der Waals surface area contributed by atoms with Crippen molar-refractivity contribution in [2.24, 2.45) is 0 Å². The number of carbonyl (C=O) groups excluding carboxylic acids is 2. The number of rotatable bonds is 6. The van der Waals surface area contributed by atoms with Gasteiger partial charge in [-0.2, -0.15) is 0 Å². The fourth-order valence-corrected chi connectivity index (χ4v) is 4.54. The number of aliphatic hydroxyl groups is 1. The lowest BCUT2D eigenvalue weighted by atomic mass is 9.95. The Bertz CT molecular complexity index is 1190. The smallest absolute Gasteiger partial charge is 0.295 e. The van der Waals surface area contributed by atoms with E-state index in [0.29, 0.717) is 40.7 Å². The molecule has 2 aromatic carbocycles. The molecule has 3 aromatic rings. The zero-order valence-corrected chi connectivity index (χ0v) is 19.8. The summed E-state index contributed by atoms with van der Waals surface area (Å²) >= 11 is 15.9. The molecular weight excluding hydrogens is 517 g/mol. The highest BCUT2D eigenvalue weighted by atomic mass is 79.9. The van der Waals surface area contributed by atoms with Gasteiger partial charge >= 0.3 is 0 Å². The van der Waals surface area contributed by atoms with Crippen LogP contribution in [0, 0.1) is 0 Å². The number of benzene rings is 2. The Morgan fingerprint density at radius 3 is 2.50 bits per heavy atom. The molecule has 2 heterocycles. The number of ketones is 1. The standard InChI is InChI=1S/C23H18BrCl2N3O3/c24-15-4-2-14(3-5-15)21(30)19-20(17-7-6-16(25)12-18(17)26)29(23(32)22(19)31)10-1-9-28-11-8-27-13-28/h2-8,11-13,20,30H,1,9-10H2/t20-/m1/s1. The first kappa shape index (κ1) is 22.6. The van der Waals surface area contributed by atoms with E-state index in [1.807, 2.05) is 10.8 Å². The molecule has 1 fully saturated rings. The number of amides is 1. The third-order valence-electron chi connectivity index (χ3n) is 5.29. The molecule has 1 aliphatic rings. The second kappa shape index (κ2) is 9.48. The van der Waals surface area contributed by atoms with E-state index in [2.05, 4.69) is 20.9 Å². The van der Waals surface area contributed by atoms with Crippen molar-refractivity contribution in [3.8, 4) is 0 Å². The van der Waals surface area contributed by atoms with E-state index in [-0.39, 0.29) is 11.3 Å². The van der Waals surface area contributed by atoms with Crippen LogP contribution in [-0.2, 0) is 16.1 Å². The molecule has 1 saturated heterocycles. The molecule has 0 unspecified atom stereocenters. The summed E-state index contributed by atoms with van der Waals surface area (Å²) in [7, 11) is 0. The second-order valence-electron chi connectivity index (χ2n) is 7.32. The van der Waals surface area contributed by atoms with Crippen molar-refractivity contribution in [1.29, 1.82) is 0 Å². The van der Waals surface area contributed by atoms with Gasteiger partial charge in [0.1, 0.15) is 5.76 Å². The second-order valence-corrected chi connectivity index (χ2v) is 9.08. The van der Waals surface area contributed by atoms with E-state index >= 15 is 0 Å². The molecule has 0 spiro atoms. The summed E-state index contributed by atoms with van der Waals surface area (Å²) in [6.45, 7) is 0.917. The van der Waals surface area contributed by atoms with Gasteiger partial charge < -0.3 is 14.6 Å². The third kappa shape index (κ3) is 4.46. The summed E-state index contributed by atoms with van der Waals surface area (Å²) in [6.07, 6.45) is 5.78. The SMILES string of the molecule is O=C1C(=O)N(CCCn2ccnc2)[C@H](c2ccc(Cl)cc2Cl)C1=C(O)c1ccc(Br)cc1. The van der Waals surface area contributed by atoms with Crippen molar-refractivity contribution in [3.05, 3.63) is 92.4 Å². The first-order valence-electron chi connectivity index (χ1n) is 9.82.